The molecule has 2 N–H and O–H groups in total. The van der Waals surface area contributed by atoms with Crippen LogP contribution in [-0.2, 0) is 4.79 Å². The molecule has 0 bridgehead atoms. The standard InChI is InChI=1S/C16H16N2O/c19-11-14-15(12-7-3-1-4-8-12)17-18-16(14)13-9-5-2-6-10-13/h1-11,14-18H. The molecule has 1 aliphatic rings. The Labute approximate surface area is 112 Å². The van der Waals surface area contributed by atoms with Crippen LogP contribution in [0, 0.1) is 5.92 Å². The van der Waals surface area contributed by atoms with Gasteiger partial charge in [-0.2, -0.15) is 0 Å². The second-order valence-corrected chi connectivity index (χ2v) is 4.78. The van der Waals surface area contributed by atoms with E-state index in [0.717, 1.165) is 17.4 Å². The van der Waals surface area contributed by atoms with Gasteiger partial charge in [0.25, 0.3) is 0 Å². The minimum Gasteiger partial charge on any atom is -0.303 e. The van der Waals surface area contributed by atoms with Crippen molar-refractivity contribution in [3.05, 3.63) is 71.8 Å². The molecule has 0 aromatic heterocycles. The first-order valence-corrected chi connectivity index (χ1v) is 6.46. The van der Waals surface area contributed by atoms with Crippen molar-refractivity contribution in [3.8, 4) is 0 Å². The van der Waals surface area contributed by atoms with E-state index >= 15 is 0 Å². The number of carbonyl (C=O) groups excluding carboxylic acids is 1. The lowest BCUT2D eigenvalue weighted by Gasteiger charge is -2.17. The number of hydrazine groups is 1. The minimum atomic E-state index is -0.107. The minimum absolute atomic E-state index is 0.0175. The van der Waals surface area contributed by atoms with Gasteiger partial charge < -0.3 is 4.79 Å². The Kier molecular flexibility index (Phi) is 3.40. The largest absolute Gasteiger partial charge is 0.303 e. The topological polar surface area (TPSA) is 41.1 Å². The summed E-state index contributed by atoms with van der Waals surface area (Å²) in [7, 11) is 0. The molecule has 2 aromatic rings. The molecule has 1 heterocycles. The highest BCUT2D eigenvalue weighted by Crippen LogP contribution is 2.35. The third-order valence-electron chi connectivity index (χ3n) is 3.64. The van der Waals surface area contributed by atoms with Gasteiger partial charge in [0.2, 0.25) is 0 Å². The van der Waals surface area contributed by atoms with Gasteiger partial charge in [-0.15, -0.1) is 0 Å². The molecule has 0 amide bonds. The molecule has 0 radical (unpaired) electrons. The molecule has 1 aliphatic heterocycles. The van der Waals surface area contributed by atoms with Gasteiger partial charge >= 0.3 is 0 Å². The van der Waals surface area contributed by atoms with Crippen LogP contribution in [-0.4, -0.2) is 6.29 Å². The first kappa shape index (κ1) is 12.1. The summed E-state index contributed by atoms with van der Waals surface area (Å²) in [5.41, 5.74) is 8.74. The first-order valence-electron chi connectivity index (χ1n) is 6.46. The number of nitrogens with one attached hydrogen (secondary N) is 2. The highest BCUT2D eigenvalue weighted by atomic mass is 16.1. The molecule has 1 saturated heterocycles. The number of carbonyl (C=O) groups is 1. The molecule has 1 fully saturated rings. The summed E-state index contributed by atoms with van der Waals surface area (Å²) in [6.07, 6.45) is 1.04. The Bertz CT molecular complexity index is 494. The lowest BCUT2D eigenvalue weighted by atomic mass is 9.87. The van der Waals surface area contributed by atoms with Gasteiger partial charge in [-0.1, -0.05) is 60.7 Å². The van der Waals surface area contributed by atoms with E-state index in [4.69, 9.17) is 0 Å². The normalized spacial score (nSPS) is 26.2. The van der Waals surface area contributed by atoms with Crippen LogP contribution >= 0.6 is 0 Å². The second kappa shape index (κ2) is 5.34. The second-order valence-electron chi connectivity index (χ2n) is 4.78. The van der Waals surface area contributed by atoms with Gasteiger partial charge in [-0.25, -0.2) is 10.9 Å². The zero-order chi connectivity index (χ0) is 13.1. The fourth-order valence-corrected chi connectivity index (χ4v) is 2.65. The Morgan fingerprint density at radius 2 is 1.16 bits per heavy atom. The summed E-state index contributed by atoms with van der Waals surface area (Å²) in [6.45, 7) is 0. The third-order valence-corrected chi connectivity index (χ3v) is 3.64. The molecule has 3 heteroatoms. The quantitative estimate of drug-likeness (QED) is 0.824. The van der Waals surface area contributed by atoms with Crippen molar-refractivity contribution >= 4 is 6.29 Å². The summed E-state index contributed by atoms with van der Waals surface area (Å²) in [5, 5.41) is 0. The van der Waals surface area contributed by atoms with E-state index in [1.54, 1.807) is 0 Å². The van der Waals surface area contributed by atoms with Crippen LogP contribution in [0.2, 0.25) is 0 Å². The van der Waals surface area contributed by atoms with E-state index < -0.39 is 0 Å². The maximum Gasteiger partial charge on any atom is 0.126 e. The van der Waals surface area contributed by atoms with Gasteiger partial charge in [0.1, 0.15) is 6.29 Å². The average molecular weight is 252 g/mol. The van der Waals surface area contributed by atoms with Gasteiger partial charge in [0.15, 0.2) is 0 Å². The lowest BCUT2D eigenvalue weighted by molar-refractivity contribution is -0.111. The predicted octanol–water partition coefficient (Wildman–Crippen LogP) is 2.39. The molecule has 0 saturated carbocycles. The van der Waals surface area contributed by atoms with Gasteiger partial charge in [0, 0.05) is 0 Å². The maximum absolute atomic E-state index is 11.5. The van der Waals surface area contributed by atoms with Gasteiger partial charge in [-0.05, 0) is 11.1 Å². The van der Waals surface area contributed by atoms with E-state index in [1.165, 1.54) is 0 Å². The summed E-state index contributed by atoms with van der Waals surface area (Å²) >= 11 is 0. The number of aldehydes is 1. The van der Waals surface area contributed by atoms with Crippen molar-refractivity contribution in [2.75, 3.05) is 0 Å². The van der Waals surface area contributed by atoms with Crippen LogP contribution in [0.25, 0.3) is 0 Å². The summed E-state index contributed by atoms with van der Waals surface area (Å²) in [5.74, 6) is -0.107. The fraction of sp³-hybridized carbons (Fsp3) is 0.188. The Morgan fingerprint density at radius 3 is 1.53 bits per heavy atom. The Morgan fingerprint density at radius 1 is 0.737 bits per heavy atom. The molecular weight excluding hydrogens is 236 g/mol. The molecule has 3 rings (SSSR count). The predicted molar refractivity (Wildman–Crippen MR) is 74.2 cm³/mol. The van der Waals surface area contributed by atoms with Crippen LogP contribution in [0.1, 0.15) is 23.2 Å². The molecule has 0 spiro atoms. The first-order chi connectivity index (χ1) is 9.40. The van der Waals surface area contributed by atoms with Crippen molar-refractivity contribution < 1.29 is 4.79 Å². The fourth-order valence-electron chi connectivity index (χ4n) is 2.65. The smallest absolute Gasteiger partial charge is 0.126 e. The zero-order valence-corrected chi connectivity index (χ0v) is 10.5. The van der Waals surface area contributed by atoms with Crippen molar-refractivity contribution in [1.29, 1.82) is 0 Å². The summed E-state index contributed by atoms with van der Waals surface area (Å²) < 4.78 is 0. The molecule has 0 aliphatic carbocycles. The number of hydrogen-bond donors (Lipinski definition) is 2. The third kappa shape index (κ3) is 2.30. The molecule has 3 nitrogen and oxygen atoms in total. The van der Waals surface area contributed by atoms with Gasteiger partial charge in [-0.3, -0.25) is 0 Å². The molecule has 2 atom stereocenters. The molecule has 2 unspecified atom stereocenters. The van der Waals surface area contributed by atoms with Gasteiger partial charge in [0.05, 0.1) is 18.0 Å². The molecule has 96 valence electrons. The van der Waals surface area contributed by atoms with Crippen LogP contribution < -0.4 is 10.9 Å². The highest BCUT2D eigenvalue weighted by Gasteiger charge is 2.37. The van der Waals surface area contributed by atoms with E-state index in [-0.39, 0.29) is 18.0 Å². The average Bonchev–Trinajstić information content (AvgIpc) is 2.93. The van der Waals surface area contributed by atoms with Crippen molar-refractivity contribution in [1.82, 2.24) is 10.9 Å². The SMILES string of the molecule is O=CC1C(c2ccccc2)NNC1c1ccccc1. The zero-order valence-electron chi connectivity index (χ0n) is 10.5. The number of rotatable bonds is 3. The van der Waals surface area contributed by atoms with E-state index in [2.05, 4.69) is 10.9 Å². The van der Waals surface area contributed by atoms with Crippen LogP contribution in [0.5, 0.6) is 0 Å². The number of benzene rings is 2. The maximum atomic E-state index is 11.5. The van der Waals surface area contributed by atoms with Crippen molar-refractivity contribution in [2.45, 2.75) is 12.1 Å². The highest BCUT2D eigenvalue weighted by molar-refractivity contribution is 5.59. The summed E-state index contributed by atoms with van der Waals surface area (Å²) in [4.78, 5) is 11.5. The summed E-state index contributed by atoms with van der Waals surface area (Å²) in [6, 6.07) is 20.2. The van der Waals surface area contributed by atoms with E-state index in [1.807, 2.05) is 60.7 Å². The Balaban J connectivity index is 1.89. The molecular formula is C16H16N2O. The van der Waals surface area contributed by atoms with Crippen molar-refractivity contribution in [3.63, 3.8) is 0 Å². The monoisotopic (exact) mass is 252 g/mol. The molecule has 19 heavy (non-hydrogen) atoms. The van der Waals surface area contributed by atoms with E-state index in [0.29, 0.717) is 0 Å². The molecule has 2 aromatic carbocycles. The lowest BCUT2D eigenvalue weighted by Crippen LogP contribution is -2.26. The van der Waals surface area contributed by atoms with Crippen LogP contribution in [0.3, 0.4) is 0 Å². The van der Waals surface area contributed by atoms with Crippen LogP contribution in [0.4, 0.5) is 0 Å². The van der Waals surface area contributed by atoms with E-state index in [9.17, 15) is 4.79 Å². The Hall–Kier alpha value is -1.97. The number of hydrogen-bond acceptors (Lipinski definition) is 3. The van der Waals surface area contributed by atoms with Crippen molar-refractivity contribution in [2.24, 2.45) is 5.92 Å². The van der Waals surface area contributed by atoms with Crippen LogP contribution in [0.15, 0.2) is 60.7 Å².